The number of carbonyl (C=O) groups excluding carboxylic acids is 1. The van der Waals surface area contributed by atoms with Gasteiger partial charge < -0.3 is 10.2 Å². The Balaban J connectivity index is 2.15. The molecule has 2 aromatic rings. The Morgan fingerprint density at radius 1 is 1.20 bits per heavy atom. The molecule has 0 saturated heterocycles. The van der Waals surface area contributed by atoms with E-state index < -0.39 is 0 Å². The smallest absolute Gasteiger partial charge is 0.271 e. The van der Waals surface area contributed by atoms with Crippen LogP contribution in [0.5, 0.6) is 11.5 Å². The first-order chi connectivity index (χ1) is 9.58. The van der Waals surface area contributed by atoms with Crippen LogP contribution in [0, 0.1) is 0 Å². The summed E-state index contributed by atoms with van der Waals surface area (Å²) in [6.07, 6.45) is 3.01. The normalized spacial score (nSPS) is 11.2. The number of rotatable bonds is 3. The van der Waals surface area contributed by atoms with Crippen molar-refractivity contribution in [3.63, 3.8) is 0 Å². The largest absolute Gasteiger partial charge is 0.508 e. The molecule has 0 aliphatic rings. The fourth-order valence-corrected chi connectivity index (χ4v) is 1.58. The van der Waals surface area contributed by atoms with Crippen molar-refractivity contribution < 1.29 is 15.0 Å². The number of hydrogen-bond donors (Lipinski definition) is 3. The highest BCUT2D eigenvalue weighted by molar-refractivity contribution is 6.02. The lowest BCUT2D eigenvalue weighted by atomic mass is 10.1. The van der Waals surface area contributed by atoms with Gasteiger partial charge in [-0.25, -0.2) is 5.43 Å². The monoisotopic (exact) mass is 271 g/mol. The van der Waals surface area contributed by atoms with Crippen LogP contribution >= 0.6 is 0 Å². The van der Waals surface area contributed by atoms with Gasteiger partial charge in [0.1, 0.15) is 11.5 Å². The van der Waals surface area contributed by atoms with Gasteiger partial charge in [0.25, 0.3) is 5.91 Å². The van der Waals surface area contributed by atoms with Crippen LogP contribution in [0.4, 0.5) is 0 Å². The van der Waals surface area contributed by atoms with Gasteiger partial charge in [0.2, 0.25) is 0 Å². The molecule has 1 heterocycles. The summed E-state index contributed by atoms with van der Waals surface area (Å²) in [6.45, 7) is 1.61. The number of nitrogens with one attached hydrogen (secondary N) is 1. The molecule has 0 aliphatic carbocycles. The van der Waals surface area contributed by atoms with Crippen LogP contribution in [0.2, 0.25) is 0 Å². The maximum atomic E-state index is 11.8. The standard InChI is InChI=1S/C14H13N3O3/c1-9(12-8-11(18)2-3-13(12)19)16-17-14(20)10-4-6-15-7-5-10/h2-8,18-19H,1H3,(H,17,20). The lowest BCUT2D eigenvalue weighted by Crippen LogP contribution is -2.19. The Morgan fingerprint density at radius 3 is 2.60 bits per heavy atom. The molecule has 0 atom stereocenters. The topological polar surface area (TPSA) is 94.8 Å². The summed E-state index contributed by atoms with van der Waals surface area (Å²) in [4.78, 5) is 15.6. The predicted molar refractivity (Wildman–Crippen MR) is 73.7 cm³/mol. The molecule has 0 aliphatic heterocycles. The fraction of sp³-hybridized carbons (Fsp3) is 0.0714. The van der Waals surface area contributed by atoms with Crippen LogP contribution in [0.25, 0.3) is 0 Å². The van der Waals surface area contributed by atoms with E-state index in [4.69, 9.17) is 0 Å². The molecule has 0 fully saturated rings. The second-order valence-corrected chi connectivity index (χ2v) is 4.08. The molecule has 6 heteroatoms. The highest BCUT2D eigenvalue weighted by Gasteiger charge is 2.07. The number of aromatic nitrogens is 1. The van der Waals surface area contributed by atoms with Crippen LogP contribution < -0.4 is 5.43 Å². The molecule has 0 bridgehead atoms. The number of aromatic hydroxyl groups is 2. The summed E-state index contributed by atoms with van der Waals surface area (Å²) in [5.74, 6) is -0.401. The van der Waals surface area contributed by atoms with Gasteiger partial charge in [0, 0.05) is 23.5 Å². The number of pyridine rings is 1. The van der Waals surface area contributed by atoms with Crippen molar-refractivity contribution in [2.45, 2.75) is 6.92 Å². The zero-order valence-corrected chi connectivity index (χ0v) is 10.7. The molecule has 102 valence electrons. The summed E-state index contributed by atoms with van der Waals surface area (Å²) >= 11 is 0. The Morgan fingerprint density at radius 2 is 1.90 bits per heavy atom. The number of hydrogen-bond acceptors (Lipinski definition) is 5. The zero-order valence-electron chi connectivity index (χ0n) is 10.7. The third-order valence-corrected chi connectivity index (χ3v) is 2.64. The maximum absolute atomic E-state index is 11.8. The van der Waals surface area contributed by atoms with Crippen LogP contribution in [0.1, 0.15) is 22.8 Å². The van der Waals surface area contributed by atoms with E-state index in [1.54, 1.807) is 19.1 Å². The van der Waals surface area contributed by atoms with Gasteiger partial charge in [-0.1, -0.05) is 0 Å². The number of benzene rings is 1. The Kier molecular flexibility index (Phi) is 3.95. The van der Waals surface area contributed by atoms with Crippen LogP contribution in [0.15, 0.2) is 47.8 Å². The average molecular weight is 271 g/mol. The SMILES string of the molecule is CC(=NNC(=O)c1ccncc1)c1cc(O)ccc1O. The van der Waals surface area contributed by atoms with Gasteiger partial charge in [-0.2, -0.15) is 5.10 Å². The highest BCUT2D eigenvalue weighted by Crippen LogP contribution is 2.22. The van der Waals surface area contributed by atoms with E-state index in [-0.39, 0.29) is 17.4 Å². The molecule has 1 aromatic carbocycles. The van der Waals surface area contributed by atoms with Gasteiger partial charge in [0.05, 0.1) is 5.71 Å². The third kappa shape index (κ3) is 3.11. The van der Waals surface area contributed by atoms with Crippen molar-refractivity contribution >= 4 is 11.6 Å². The maximum Gasteiger partial charge on any atom is 0.271 e. The van der Waals surface area contributed by atoms with E-state index in [0.29, 0.717) is 16.8 Å². The molecule has 1 amide bonds. The Bertz CT molecular complexity index is 654. The third-order valence-electron chi connectivity index (χ3n) is 2.64. The van der Waals surface area contributed by atoms with E-state index in [1.165, 1.54) is 30.6 Å². The highest BCUT2D eigenvalue weighted by atomic mass is 16.3. The first kappa shape index (κ1) is 13.5. The molecular formula is C14H13N3O3. The van der Waals surface area contributed by atoms with Crippen LogP contribution in [-0.2, 0) is 0 Å². The van der Waals surface area contributed by atoms with E-state index in [1.807, 2.05) is 0 Å². The Labute approximate surface area is 115 Å². The first-order valence-electron chi connectivity index (χ1n) is 5.85. The lowest BCUT2D eigenvalue weighted by Gasteiger charge is -2.05. The summed E-state index contributed by atoms with van der Waals surface area (Å²) in [7, 11) is 0. The fourth-order valence-electron chi connectivity index (χ4n) is 1.58. The van der Waals surface area contributed by atoms with Gasteiger partial charge in [-0.3, -0.25) is 9.78 Å². The number of nitrogens with zero attached hydrogens (tertiary/aromatic N) is 2. The number of carbonyl (C=O) groups is 1. The molecule has 1 aromatic heterocycles. The molecule has 20 heavy (non-hydrogen) atoms. The molecular weight excluding hydrogens is 258 g/mol. The number of phenols is 2. The molecule has 0 unspecified atom stereocenters. The van der Waals surface area contributed by atoms with Gasteiger partial charge >= 0.3 is 0 Å². The van der Waals surface area contributed by atoms with E-state index in [0.717, 1.165) is 0 Å². The minimum atomic E-state index is -0.383. The number of hydrazone groups is 1. The summed E-state index contributed by atoms with van der Waals surface area (Å²) in [5.41, 5.74) is 3.52. The van der Waals surface area contributed by atoms with Crippen molar-refractivity contribution in [2.24, 2.45) is 5.10 Å². The second-order valence-electron chi connectivity index (χ2n) is 4.08. The summed E-state index contributed by atoms with van der Waals surface area (Å²) < 4.78 is 0. The van der Waals surface area contributed by atoms with Crippen molar-refractivity contribution in [1.29, 1.82) is 0 Å². The Hall–Kier alpha value is -2.89. The van der Waals surface area contributed by atoms with Gasteiger partial charge in [-0.05, 0) is 37.3 Å². The minimum Gasteiger partial charge on any atom is -0.508 e. The number of amides is 1. The van der Waals surface area contributed by atoms with E-state index in [9.17, 15) is 15.0 Å². The summed E-state index contributed by atoms with van der Waals surface area (Å²) in [6, 6.07) is 7.21. The van der Waals surface area contributed by atoms with Crippen molar-refractivity contribution in [1.82, 2.24) is 10.4 Å². The summed E-state index contributed by atoms with van der Waals surface area (Å²) in [5, 5.41) is 23.0. The zero-order chi connectivity index (χ0) is 14.5. The van der Waals surface area contributed by atoms with E-state index in [2.05, 4.69) is 15.5 Å². The minimum absolute atomic E-state index is 0.00723. The number of phenolic OH excluding ortho intramolecular Hbond substituents is 2. The van der Waals surface area contributed by atoms with Crippen LogP contribution in [-0.4, -0.2) is 26.8 Å². The quantitative estimate of drug-likeness (QED) is 0.449. The van der Waals surface area contributed by atoms with Crippen molar-refractivity contribution in [2.75, 3.05) is 0 Å². The predicted octanol–water partition coefficient (Wildman–Crippen LogP) is 1.65. The van der Waals surface area contributed by atoms with Crippen molar-refractivity contribution in [3.05, 3.63) is 53.9 Å². The molecule has 0 saturated carbocycles. The lowest BCUT2D eigenvalue weighted by molar-refractivity contribution is 0.0954. The molecule has 2 rings (SSSR count). The van der Waals surface area contributed by atoms with Crippen molar-refractivity contribution in [3.8, 4) is 11.5 Å². The van der Waals surface area contributed by atoms with E-state index >= 15 is 0 Å². The molecule has 0 radical (unpaired) electrons. The molecule has 0 spiro atoms. The molecule has 6 nitrogen and oxygen atoms in total. The first-order valence-corrected chi connectivity index (χ1v) is 5.85. The van der Waals surface area contributed by atoms with Crippen LogP contribution in [0.3, 0.4) is 0 Å². The second kappa shape index (κ2) is 5.83. The van der Waals surface area contributed by atoms with Gasteiger partial charge in [-0.15, -0.1) is 0 Å². The van der Waals surface area contributed by atoms with Gasteiger partial charge in [0.15, 0.2) is 0 Å². The molecule has 3 N–H and O–H groups in total. The average Bonchev–Trinajstić information content (AvgIpc) is 2.47.